The maximum absolute atomic E-state index is 12.7. The van der Waals surface area contributed by atoms with E-state index in [0.717, 1.165) is 24.8 Å². The van der Waals surface area contributed by atoms with Gasteiger partial charge < -0.3 is 24.4 Å². The smallest absolute Gasteiger partial charge is 0.407 e. The summed E-state index contributed by atoms with van der Waals surface area (Å²) in [5, 5.41) is 2.79. The van der Waals surface area contributed by atoms with Crippen molar-refractivity contribution in [1.82, 2.24) is 10.2 Å². The molecule has 1 unspecified atom stereocenters. The fraction of sp³-hybridized carbons (Fsp3) is 0.524. The molecule has 1 aromatic rings. The summed E-state index contributed by atoms with van der Waals surface area (Å²) in [4.78, 5) is 26.5. The Bertz CT molecular complexity index is 754. The number of rotatable bonds is 4. The molecule has 0 aliphatic carbocycles. The van der Waals surface area contributed by atoms with Crippen LogP contribution in [0.5, 0.6) is 11.5 Å². The molecule has 1 fully saturated rings. The van der Waals surface area contributed by atoms with Gasteiger partial charge in [0.15, 0.2) is 11.5 Å². The Morgan fingerprint density at radius 1 is 1.25 bits per heavy atom. The molecule has 2 amide bonds. The Hall–Kier alpha value is -2.70. The number of carbonyl (C=O) groups excluding carboxylic acids is 2. The second kappa shape index (κ2) is 8.54. The summed E-state index contributed by atoms with van der Waals surface area (Å²) in [6.45, 7) is 6.77. The first-order valence-corrected chi connectivity index (χ1v) is 9.67. The van der Waals surface area contributed by atoms with Crippen molar-refractivity contribution in [3.05, 3.63) is 29.8 Å². The van der Waals surface area contributed by atoms with Crippen molar-refractivity contribution >= 4 is 18.1 Å². The van der Waals surface area contributed by atoms with E-state index in [1.165, 1.54) is 0 Å². The molecule has 2 heterocycles. The van der Waals surface area contributed by atoms with Crippen LogP contribution in [0.3, 0.4) is 0 Å². The van der Waals surface area contributed by atoms with Crippen LogP contribution in [0.4, 0.5) is 4.79 Å². The number of hydrogen-bond donors (Lipinski definition) is 1. The van der Waals surface area contributed by atoms with E-state index in [9.17, 15) is 9.59 Å². The fourth-order valence-corrected chi connectivity index (χ4v) is 3.30. The monoisotopic (exact) mass is 388 g/mol. The van der Waals surface area contributed by atoms with Gasteiger partial charge in [-0.3, -0.25) is 4.79 Å². The molecular formula is C21H28N2O5. The zero-order chi connectivity index (χ0) is 20.1. The maximum Gasteiger partial charge on any atom is 0.407 e. The summed E-state index contributed by atoms with van der Waals surface area (Å²) in [6, 6.07) is 5.54. The molecule has 1 atom stereocenters. The molecule has 0 saturated carbocycles. The predicted octanol–water partition coefficient (Wildman–Crippen LogP) is 3.33. The van der Waals surface area contributed by atoms with Gasteiger partial charge in [-0.15, -0.1) is 0 Å². The molecule has 28 heavy (non-hydrogen) atoms. The Balaban J connectivity index is 1.58. The molecule has 1 aromatic carbocycles. The van der Waals surface area contributed by atoms with Crippen LogP contribution in [0, 0.1) is 0 Å². The number of alkyl carbamates (subject to hydrolysis) is 1. The molecule has 2 aliphatic rings. The normalized spacial score (nSPS) is 19.0. The van der Waals surface area contributed by atoms with Gasteiger partial charge in [0.2, 0.25) is 12.7 Å². The second-order valence-electron chi connectivity index (χ2n) is 8.01. The number of benzene rings is 1. The van der Waals surface area contributed by atoms with Gasteiger partial charge in [-0.2, -0.15) is 0 Å². The van der Waals surface area contributed by atoms with Crippen LogP contribution >= 0.6 is 0 Å². The van der Waals surface area contributed by atoms with Gasteiger partial charge in [0.05, 0.1) is 0 Å². The van der Waals surface area contributed by atoms with E-state index >= 15 is 0 Å². The van der Waals surface area contributed by atoms with Crippen molar-refractivity contribution in [2.45, 2.75) is 51.7 Å². The molecule has 0 spiro atoms. The zero-order valence-electron chi connectivity index (χ0n) is 16.7. The number of amides is 2. The topological polar surface area (TPSA) is 77.1 Å². The van der Waals surface area contributed by atoms with Crippen molar-refractivity contribution in [1.29, 1.82) is 0 Å². The van der Waals surface area contributed by atoms with E-state index in [1.807, 2.05) is 43.9 Å². The number of nitrogens with one attached hydrogen (secondary N) is 1. The van der Waals surface area contributed by atoms with E-state index in [0.29, 0.717) is 24.6 Å². The average molecular weight is 388 g/mol. The first kappa shape index (κ1) is 20.0. The van der Waals surface area contributed by atoms with Gasteiger partial charge in [-0.25, -0.2) is 4.79 Å². The minimum Gasteiger partial charge on any atom is -0.454 e. The first-order valence-electron chi connectivity index (χ1n) is 9.67. The summed E-state index contributed by atoms with van der Waals surface area (Å²) in [5.41, 5.74) is 0.331. The summed E-state index contributed by atoms with van der Waals surface area (Å²) < 4.78 is 15.9. The van der Waals surface area contributed by atoms with Crippen molar-refractivity contribution in [2.24, 2.45) is 0 Å². The molecule has 7 heteroatoms. The maximum atomic E-state index is 12.7. The van der Waals surface area contributed by atoms with Crippen molar-refractivity contribution < 1.29 is 23.8 Å². The van der Waals surface area contributed by atoms with Gasteiger partial charge >= 0.3 is 6.09 Å². The highest BCUT2D eigenvalue weighted by atomic mass is 16.7. The van der Waals surface area contributed by atoms with Crippen molar-refractivity contribution in [3.63, 3.8) is 0 Å². The lowest BCUT2D eigenvalue weighted by Gasteiger charge is -2.35. The fourth-order valence-electron chi connectivity index (χ4n) is 3.30. The van der Waals surface area contributed by atoms with Gasteiger partial charge in [-0.05, 0) is 63.8 Å². The summed E-state index contributed by atoms with van der Waals surface area (Å²) in [7, 11) is 0. The van der Waals surface area contributed by atoms with Crippen molar-refractivity contribution in [3.8, 4) is 11.5 Å². The molecule has 1 saturated heterocycles. The zero-order valence-corrected chi connectivity index (χ0v) is 16.7. The molecular weight excluding hydrogens is 360 g/mol. The lowest BCUT2D eigenvalue weighted by molar-refractivity contribution is -0.129. The molecule has 2 aliphatic heterocycles. The van der Waals surface area contributed by atoms with Crippen LogP contribution in [-0.4, -0.2) is 48.4 Å². The third-order valence-corrected chi connectivity index (χ3v) is 4.61. The predicted molar refractivity (Wildman–Crippen MR) is 105 cm³/mol. The summed E-state index contributed by atoms with van der Waals surface area (Å²) in [5.74, 6) is 1.34. The SMILES string of the molecule is CC(C)(C)OC(=O)NCC1CCCCN1C(=O)/C=C/c1ccc2c(c1)OCO2. The van der Waals surface area contributed by atoms with Crippen LogP contribution in [0.15, 0.2) is 24.3 Å². The Morgan fingerprint density at radius 2 is 2.04 bits per heavy atom. The standard InChI is InChI=1S/C21H28N2O5/c1-21(2,3)28-20(25)22-13-16-6-4-5-11-23(16)19(24)10-8-15-7-9-17-18(12-15)27-14-26-17/h7-10,12,16H,4-6,11,13-14H2,1-3H3,(H,22,25)/b10-8+. The van der Waals surface area contributed by atoms with Gasteiger partial charge in [0, 0.05) is 25.2 Å². The van der Waals surface area contributed by atoms with E-state index in [4.69, 9.17) is 14.2 Å². The Kier molecular flexibility index (Phi) is 6.11. The van der Waals surface area contributed by atoms with Crippen LogP contribution < -0.4 is 14.8 Å². The number of fused-ring (bicyclic) bond motifs is 1. The number of hydrogen-bond acceptors (Lipinski definition) is 5. The molecule has 3 rings (SSSR count). The van der Waals surface area contributed by atoms with E-state index < -0.39 is 11.7 Å². The van der Waals surface area contributed by atoms with E-state index in [2.05, 4.69) is 5.32 Å². The highest BCUT2D eigenvalue weighted by Crippen LogP contribution is 2.32. The van der Waals surface area contributed by atoms with Gasteiger partial charge in [0.25, 0.3) is 0 Å². The lowest BCUT2D eigenvalue weighted by atomic mass is 10.0. The van der Waals surface area contributed by atoms with E-state index in [-0.39, 0.29) is 18.7 Å². The van der Waals surface area contributed by atoms with Gasteiger partial charge in [0.1, 0.15) is 5.60 Å². The molecule has 0 bridgehead atoms. The number of nitrogens with zero attached hydrogens (tertiary/aromatic N) is 1. The molecule has 1 N–H and O–H groups in total. The highest BCUT2D eigenvalue weighted by molar-refractivity contribution is 5.92. The Labute approximate surface area is 165 Å². The number of piperidine rings is 1. The van der Waals surface area contributed by atoms with Crippen LogP contribution in [0.25, 0.3) is 6.08 Å². The molecule has 0 aromatic heterocycles. The first-order chi connectivity index (χ1) is 13.3. The van der Waals surface area contributed by atoms with Crippen LogP contribution in [0.2, 0.25) is 0 Å². The highest BCUT2D eigenvalue weighted by Gasteiger charge is 2.26. The van der Waals surface area contributed by atoms with Crippen LogP contribution in [0.1, 0.15) is 45.6 Å². The quantitative estimate of drug-likeness (QED) is 0.801. The Morgan fingerprint density at radius 3 is 2.82 bits per heavy atom. The number of ether oxygens (including phenoxy) is 3. The number of carbonyl (C=O) groups is 2. The molecule has 7 nitrogen and oxygen atoms in total. The van der Waals surface area contributed by atoms with E-state index in [1.54, 1.807) is 12.2 Å². The third kappa shape index (κ3) is 5.41. The number of likely N-dealkylation sites (tertiary alicyclic amines) is 1. The summed E-state index contributed by atoms with van der Waals surface area (Å²) >= 11 is 0. The van der Waals surface area contributed by atoms with Crippen molar-refractivity contribution in [2.75, 3.05) is 19.9 Å². The minimum atomic E-state index is -0.542. The molecule has 0 radical (unpaired) electrons. The molecule has 152 valence electrons. The largest absolute Gasteiger partial charge is 0.454 e. The lowest BCUT2D eigenvalue weighted by Crippen LogP contribution is -2.49. The summed E-state index contributed by atoms with van der Waals surface area (Å²) in [6.07, 6.45) is 5.75. The second-order valence-corrected chi connectivity index (χ2v) is 8.01. The minimum absolute atomic E-state index is 0.0322. The average Bonchev–Trinajstić information content (AvgIpc) is 3.11. The van der Waals surface area contributed by atoms with Crippen LogP contribution in [-0.2, 0) is 9.53 Å². The third-order valence-electron chi connectivity index (χ3n) is 4.61. The van der Waals surface area contributed by atoms with Gasteiger partial charge in [-0.1, -0.05) is 6.07 Å².